The van der Waals surface area contributed by atoms with Gasteiger partial charge in [-0.25, -0.2) is 0 Å². The van der Waals surface area contributed by atoms with Crippen LogP contribution in [0.1, 0.15) is 110 Å². The molecule has 0 aliphatic carbocycles. The minimum atomic E-state index is -0.0573. The van der Waals surface area contributed by atoms with Crippen LogP contribution in [0.4, 0.5) is 0 Å². The summed E-state index contributed by atoms with van der Waals surface area (Å²) in [7, 11) is 0. The van der Waals surface area contributed by atoms with Crippen LogP contribution in [0.2, 0.25) is 0 Å². The molecular formula is C21H44ClNO. The summed E-state index contributed by atoms with van der Waals surface area (Å²) in [4.78, 5) is 0. The molecule has 0 aromatic carbocycles. The smallest absolute Gasteiger partial charge is 0.105 e. The predicted octanol–water partition coefficient (Wildman–Crippen LogP) is 7.16. The van der Waals surface area contributed by atoms with E-state index >= 15 is 0 Å². The van der Waals surface area contributed by atoms with E-state index in [1.165, 1.54) is 83.5 Å². The molecule has 0 aromatic rings. The Labute approximate surface area is 158 Å². The number of allylic oxidation sites excluding steroid dienone is 2. The van der Waals surface area contributed by atoms with Gasteiger partial charge in [0.1, 0.15) is 6.23 Å². The largest absolute Gasteiger partial charge is 0.364 e. The van der Waals surface area contributed by atoms with E-state index in [1.54, 1.807) is 0 Å². The second-order valence-electron chi connectivity index (χ2n) is 6.76. The zero-order valence-electron chi connectivity index (χ0n) is 16.4. The van der Waals surface area contributed by atoms with Crippen molar-refractivity contribution < 1.29 is 4.74 Å². The first-order chi connectivity index (χ1) is 11.3. The summed E-state index contributed by atoms with van der Waals surface area (Å²) in [6, 6.07) is 0. The van der Waals surface area contributed by atoms with E-state index in [0.717, 1.165) is 19.4 Å². The Morgan fingerprint density at radius 2 is 1.17 bits per heavy atom. The van der Waals surface area contributed by atoms with Gasteiger partial charge in [-0.05, 0) is 38.5 Å². The van der Waals surface area contributed by atoms with Gasteiger partial charge in [0.05, 0.1) is 0 Å². The number of hydrogen-bond donors (Lipinski definition) is 1. The number of nitrogens with two attached hydrogens (primary N) is 1. The van der Waals surface area contributed by atoms with Gasteiger partial charge in [0.25, 0.3) is 0 Å². The lowest BCUT2D eigenvalue weighted by Crippen LogP contribution is -2.22. The molecule has 0 amide bonds. The number of unbranched alkanes of at least 4 members (excludes halogenated alkanes) is 12. The van der Waals surface area contributed by atoms with Crippen LogP contribution < -0.4 is 5.73 Å². The Balaban J connectivity index is 0. The van der Waals surface area contributed by atoms with Gasteiger partial charge in [-0.15, -0.1) is 12.4 Å². The Morgan fingerprint density at radius 1 is 0.708 bits per heavy atom. The van der Waals surface area contributed by atoms with Crippen molar-refractivity contribution in [1.82, 2.24) is 0 Å². The van der Waals surface area contributed by atoms with Crippen LogP contribution in [0.3, 0.4) is 0 Å². The molecule has 24 heavy (non-hydrogen) atoms. The Bertz CT molecular complexity index is 246. The highest BCUT2D eigenvalue weighted by Gasteiger charge is 1.97. The van der Waals surface area contributed by atoms with Crippen molar-refractivity contribution in [2.75, 3.05) is 6.61 Å². The maximum atomic E-state index is 5.71. The topological polar surface area (TPSA) is 35.2 Å². The minimum absolute atomic E-state index is 0. The lowest BCUT2D eigenvalue weighted by atomic mass is 10.1. The lowest BCUT2D eigenvalue weighted by molar-refractivity contribution is 0.0526. The van der Waals surface area contributed by atoms with Gasteiger partial charge in [0.15, 0.2) is 0 Å². The summed E-state index contributed by atoms with van der Waals surface area (Å²) in [6.07, 6.45) is 24.5. The molecule has 2 nitrogen and oxygen atoms in total. The second kappa shape index (κ2) is 22.9. The highest BCUT2D eigenvalue weighted by atomic mass is 35.5. The van der Waals surface area contributed by atoms with E-state index in [0.29, 0.717) is 0 Å². The summed E-state index contributed by atoms with van der Waals surface area (Å²) in [6.45, 7) is 5.17. The van der Waals surface area contributed by atoms with Gasteiger partial charge in [-0.1, -0.05) is 83.8 Å². The van der Waals surface area contributed by atoms with Crippen molar-refractivity contribution in [3.8, 4) is 0 Å². The zero-order chi connectivity index (χ0) is 17.0. The molecule has 1 unspecified atom stereocenters. The van der Waals surface area contributed by atoms with Gasteiger partial charge in [0.2, 0.25) is 0 Å². The van der Waals surface area contributed by atoms with Crippen molar-refractivity contribution in [2.24, 2.45) is 5.73 Å². The molecule has 0 fully saturated rings. The Kier molecular flexibility index (Phi) is 25.0. The lowest BCUT2D eigenvalue weighted by Gasteiger charge is -2.09. The highest BCUT2D eigenvalue weighted by molar-refractivity contribution is 5.85. The van der Waals surface area contributed by atoms with Gasteiger partial charge in [-0.3, -0.25) is 0 Å². The fourth-order valence-electron chi connectivity index (χ4n) is 2.70. The van der Waals surface area contributed by atoms with E-state index in [9.17, 15) is 0 Å². The predicted molar refractivity (Wildman–Crippen MR) is 111 cm³/mol. The van der Waals surface area contributed by atoms with Crippen molar-refractivity contribution >= 4 is 12.4 Å². The van der Waals surface area contributed by atoms with E-state index in [1.807, 2.05) is 0 Å². The molecule has 146 valence electrons. The third-order valence-electron chi connectivity index (χ3n) is 4.39. The molecule has 3 heteroatoms. The van der Waals surface area contributed by atoms with Crippen LogP contribution in [-0.2, 0) is 4.74 Å². The fraction of sp³-hybridized carbons (Fsp3) is 0.905. The summed E-state index contributed by atoms with van der Waals surface area (Å²) in [5.74, 6) is 0. The molecule has 0 aliphatic rings. The number of rotatable bonds is 18. The van der Waals surface area contributed by atoms with Crippen LogP contribution >= 0.6 is 12.4 Å². The van der Waals surface area contributed by atoms with E-state index in [-0.39, 0.29) is 18.6 Å². The van der Waals surface area contributed by atoms with Crippen LogP contribution in [0.5, 0.6) is 0 Å². The van der Waals surface area contributed by atoms with Crippen molar-refractivity contribution in [3.05, 3.63) is 12.2 Å². The quantitative estimate of drug-likeness (QED) is 0.160. The maximum Gasteiger partial charge on any atom is 0.105 e. The second-order valence-corrected chi connectivity index (χ2v) is 6.76. The van der Waals surface area contributed by atoms with Crippen molar-refractivity contribution in [2.45, 2.75) is 116 Å². The number of ether oxygens (including phenoxy) is 1. The molecule has 0 aromatic heterocycles. The molecule has 0 saturated carbocycles. The van der Waals surface area contributed by atoms with Gasteiger partial charge in [-0.2, -0.15) is 0 Å². The molecule has 0 heterocycles. The van der Waals surface area contributed by atoms with E-state index in [4.69, 9.17) is 10.5 Å². The molecule has 0 spiro atoms. The SMILES string of the molecule is CCCCCCCCC=CCCCCCCCCOC(N)CC.Cl. The number of hydrogen-bond acceptors (Lipinski definition) is 2. The van der Waals surface area contributed by atoms with Gasteiger partial charge >= 0.3 is 0 Å². The standard InChI is InChI=1S/C21H43NO.ClH/c1-3-5-6-7-8-9-10-11-12-13-14-15-16-17-18-19-20-23-21(22)4-2;/h11-12,21H,3-10,13-20,22H2,1-2H3;1H. The summed E-state index contributed by atoms with van der Waals surface area (Å²) in [5, 5.41) is 0. The van der Waals surface area contributed by atoms with Crippen LogP contribution in [0.15, 0.2) is 12.2 Å². The van der Waals surface area contributed by atoms with E-state index in [2.05, 4.69) is 26.0 Å². The van der Waals surface area contributed by atoms with Crippen molar-refractivity contribution in [1.29, 1.82) is 0 Å². The molecule has 1 atom stereocenters. The molecule has 0 aliphatic heterocycles. The first kappa shape index (κ1) is 26.2. The van der Waals surface area contributed by atoms with E-state index < -0.39 is 0 Å². The molecular weight excluding hydrogens is 318 g/mol. The van der Waals surface area contributed by atoms with Gasteiger partial charge in [0, 0.05) is 6.61 Å². The fourth-order valence-corrected chi connectivity index (χ4v) is 2.70. The Hall–Kier alpha value is -0.0500. The Morgan fingerprint density at radius 3 is 1.67 bits per heavy atom. The highest BCUT2D eigenvalue weighted by Crippen LogP contribution is 2.10. The maximum absolute atomic E-state index is 5.71. The van der Waals surface area contributed by atoms with Gasteiger partial charge < -0.3 is 10.5 Å². The molecule has 2 N–H and O–H groups in total. The minimum Gasteiger partial charge on any atom is -0.364 e. The van der Waals surface area contributed by atoms with Crippen LogP contribution in [0.25, 0.3) is 0 Å². The zero-order valence-corrected chi connectivity index (χ0v) is 17.3. The average molecular weight is 362 g/mol. The first-order valence-electron chi connectivity index (χ1n) is 10.3. The summed E-state index contributed by atoms with van der Waals surface area (Å²) >= 11 is 0. The summed E-state index contributed by atoms with van der Waals surface area (Å²) in [5.41, 5.74) is 5.71. The normalized spacial score (nSPS) is 12.5. The summed E-state index contributed by atoms with van der Waals surface area (Å²) < 4.78 is 5.48. The monoisotopic (exact) mass is 361 g/mol. The molecule has 0 bridgehead atoms. The van der Waals surface area contributed by atoms with Crippen LogP contribution in [-0.4, -0.2) is 12.8 Å². The first-order valence-corrected chi connectivity index (χ1v) is 10.3. The number of halogens is 1. The molecule has 0 radical (unpaired) electrons. The van der Waals surface area contributed by atoms with Crippen LogP contribution in [0, 0.1) is 0 Å². The molecule has 0 rings (SSSR count). The third kappa shape index (κ3) is 21.9. The molecule has 0 saturated heterocycles. The average Bonchev–Trinajstić information content (AvgIpc) is 2.57. The third-order valence-corrected chi connectivity index (χ3v) is 4.39. The van der Waals surface area contributed by atoms with Crippen molar-refractivity contribution in [3.63, 3.8) is 0 Å².